The maximum absolute atomic E-state index is 11.1. The molecule has 0 unspecified atom stereocenters. The molecule has 2 N–H and O–H groups in total. The summed E-state index contributed by atoms with van der Waals surface area (Å²) in [7, 11) is 0. The molecule has 0 aliphatic heterocycles. The van der Waals surface area contributed by atoms with Crippen LogP contribution in [-0.4, -0.2) is 42.0 Å². The summed E-state index contributed by atoms with van der Waals surface area (Å²) in [5.41, 5.74) is -0.601. The molecule has 0 bridgehead atoms. The number of carboxylic acid groups (broad SMARTS) is 1. The molecule has 6 heteroatoms. The molecule has 0 fully saturated rings. The Hall–Kier alpha value is -1.56. The van der Waals surface area contributed by atoms with Crippen molar-refractivity contribution in [3.8, 4) is 0 Å². The summed E-state index contributed by atoms with van der Waals surface area (Å²) in [6.07, 6.45) is -0.389. The van der Waals surface area contributed by atoms with Gasteiger partial charge in [0.2, 0.25) is 0 Å². The first-order valence-corrected chi connectivity index (χ1v) is 5.18. The van der Waals surface area contributed by atoms with Crippen LogP contribution in [0.15, 0.2) is 12.7 Å². The van der Waals surface area contributed by atoms with Crippen LogP contribution in [0.4, 0.5) is 4.79 Å². The fraction of sp³-hybridized carbons (Fsp3) is 0.636. The van der Waals surface area contributed by atoms with Crippen LogP contribution in [0.5, 0.6) is 0 Å². The number of carboxylic acids is 1. The summed E-state index contributed by atoms with van der Waals surface area (Å²) in [5.74, 6) is -1.14. The third-order valence-corrected chi connectivity index (χ3v) is 1.54. The van der Waals surface area contributed by atoms with E-state index in [2.05, 4.69) is 16.6 Å². The van der Waals surface area contributed by atoms with Crippen molar-refractivity contribution in [1.29, 1.82) is 0 Å². The van der Waals surface area contributed by atoms with Crippen LogP contribution < -0.4 is 5.32 Å². The fourth-order valence-corrected chi connectivity index (χ4v) is 0.968. The number of alkyl carbamates (subject to hydrolysis) is 1. The van der Waals surface area contributed by atoms with Crippen molar-refractivity contribution >= 4 is 12.1 Å². The normalized spacial score (nSPS) is 12.6. The molecule has 0 aliphatic carbocycles. The predicted molar refractivity (Wildman–Crippen MR) is 61.8 cm³/mol. The topological polar surface area (TPSA) is 84.9 Å². The second-order valence-electron chi connectivity index (χ2n) is 4.33. The van der Waals surface area contributed by atoms with E-state index in [0.29, 0.717) is 0 Å². The Balaban J connectivity index is 4.14. The molecular weight excluding hydrogens is 226 g/mol. The lowest BCUT2D eigenvalue weighted by Gasteiger charge is -2.24. The zero-order chi connectivity index (χ0) is 13.5. The molecule has 0 rings (SSSR count). The van der Waals surface area contributed by atoms with Crippen LogP contribution in [0.1, 0.15) is 20.8 Å². The van der Waals surface area contributed by atoms with Gasteiger partial charge >= 0.3 is 12.1 Å². The molecule has 6 nitrogen and oxygen atoms in total. The maximum Gasteiger partial charge on any atom is 0.407 e. The molecule has 0 saturated carbocycles. The van der Waals surface area contributed by atoms with Gasteiger partial charge in [0.25, 0.3) is 0 Å². The van der Waals surface area contributed by atoms with Crippen LogP contribution in [0.3, 0.4) is 0 Å². The number of amides is 1. The minimum Gasteiger partial charge on any atom is -0.479 e. The molecule has 1 atom stereocenters. The lowest BCUT2D eigenvalue weighted by atomic mass is 10.2. The summed E-state index contributed by atoms with van der Waals surface area (Å²) >= 11 is 0. The van der Waals surface area contributed by atoms with Crippen molar-refractivity contribution < 1.29 is 24.2 Å². The van der Waals surface area contributed by atoms with E-state index in [1.54, 1.807) is 20.8 Å². The molecule has 98 valence electrons. The minimum absolute atomic E-state index is 0.0731. The van der Waals surface area contributed by atoms with E-state index >= 15 is 0 Å². The van der Waals surface area contributed by atoms with Crippen molar-refractivity contribution in [2.75, 3.05) is 13.2 Å². The highest BCUT2D eigenvalue weighted by molar-refractivity contribution is 5.74. The molecule has 0 radical (unpaired) electrons. The van der Waals surface area contributed by atoms with E-state index < -0.39 is 23.8 Å². The number of hydrogen-bond acceptors (Lipinski definition) is 4. The third-order valence-electron chi connectivity index (χ3n) is 1.54. The van der Waals surface area contributed by atoms with Gasteiger partial charge in [-0.15, -0.1) is 0 Å². The summed E-state index contributed by atoms with van der Waals surface area (Å²) in [6, 6.07) is 0. The Kier molecular flexibility index (Phi) is 6.27. The van der Waals surface area contributed by atoms with Crippen molar-refractivity contribution in [1.82, 2.24) is 5.32 Å². The smallest absolute Gasteiger partial charge is 0.407 e. The highest BCUT2D eigenvalue weighted by Gasteiger charge is 2.25. The van der Waals surface area contributed by atoms with E-state index in [-0.39, 0.29) is 13.2 Å². The van der Waals surface area contributed by atoms with Gasteiger partial charge in [-0.05, 0) is 20.8 Å². The van der Waals surface area contributed by atoms with Crippen molar-refractivity contribution in [2.45, 2.75) is 32.5 Å². The molecule has 1 amide bonds. The molecule has 0 saturated heterocycles. The van der Waals surface area contributed by atoms with Gasteiger partial charge in [0.15, 0.2) is 6.10 Å². The summed E-state index contributed by atoms with van der Waals surface area (Å²) < 4.78 is 9.90. The van der Waals surface area contributed by atoms with Crippen LogP contribution >= 0.6 is 0 Å². The number of rotatable bonds is 6. The van der Waals surface area contributed by atoms with E-state index in [4.69, 9.17) is 9.84 Å². The van der Waals surface area contributed by atoms with Gasteiger partial charge in [-0.25, -0.2) is 9.59 Å². The SMILES string of the molecule is C=CCOC(=O)NC[C@@H](OC(C)(C)C)C(=O)O. The Morgan fingerprint density at radius 3 is 2.47 bits per heavy atom. The largest absolute Gasteiger partial charge is 0.479 e. The number of aliphatic carboxylic acids is 1. The monoisotopic (exact) mass is 245 g/mol. The highest BCUT2D eigenvalue weighted by Crippen LogP contribution is 2.10. The first-order chi connectivity index (χ1) is 7.76. The third kappa shape index (κ3) is 8.27. The van der Waals surface area contributed by atoms with E-state index in [1.165, 1.54) is 6.08 Å². The van der Waals surface area contributed by atoms with Crippen molar-refractivity contribution in [3.63, 3.8) is 0 Å². The summed E-state index contributed by atoms with van der Waals surface area (Å²) in [6.45, 7) is 8.51. The van der Waals surface area contributed by atoms with Crippen molar-refractivity contribution in [2.24, 2.45) is 0 Å². The Labute approximate surface area is 101 Å². The van der Waals surface area contributed by atoms with E-state index in [9.17, 15) is 9.59 Å². The maximum atomic E-state index is 11.1. The molecule has 0 aromatic carbocycles. The average Bonchev–Trinajstić information content (AvgIpc) is 2.19. The zero-order valence-electron chi connectivity index (χ0n) is 10.4. The number of ether oxygens (including phenoxy) is 2. The van der Waals surface area contributed by atoms with E-state index in [0.717, 1.165) is 0 Å². The summed E-state index contributed by atoms with van der Waals surface area (Å²) in [5, 5.41) is 11.2. The lowest BCUT2D eigenvalue weighted by Crippen LogP contribution is -2.42. The van der Waals surface area contributed by atoms with Crippen LogP contribution in [0, 0.1) is 0 Å². The molecule has 0 aromatic heterocycles. The number of carbonyl (C=O) groups excluding carboxylic acids is 1. The molecule has 0 aliphatic rings. The average molecular weight is 245 g/mol. The second-order valence-corrected chi connectivity index (χ2v) is 4.33. The molecule has 0 spiro atoms. The van der Waals surface area contributed by atoms with Crippen LogP contribution in [0.2, 0.25) is 0 Å². The van der Waals surface area contributed by atoms with Gasteiger partial charge in [-0.3, -0.25) is 0 Å². The van der Waals surface area contributed by atoms with Gasteiger partial charge in [0.05, 0.1) is 12.1 Å². The first-order valence-electron chi connectivity index (χ1n) is 5.18. The molecular formula is C11H19NO5. The number of hydrogen-bond donors (Lipinski definition) is 2. The Morgan fingerprint density at radius 1 is 1.47 bits per heavy atom. The molecule has 0 heterocycles. The highest BCUT2D eigenvalue weighted by atomic mass is 16.6. The predicted octanol–water partition coefficient (Wildman–Crippen LogP) is 1.17. The van der Waals surface area contributed by atoms with Gasteiger partial charge in [-0.1, -0.05) is 12.7 Å². The van der Waals surface area contributed by atoms with Gasteiger partial charge in [-0.2, -0.15) is 0 Å². The van der Waals surface area contributed by atoms with Crippen LogP contribution in [-0.2, 0) is 14.3 Å². The Morgan fingerprint density at radius 2 is 2.06 bits per heavy atom. The molecule has 0 aromatic rings. The van der Waals surface area contributed by atoms with E-state index in [1.807, 2.05) is 0 Å². The van der Waals surface area contributed by atoms with Gasteiger partial charge < -0.3 is 19.9 Å². The van der Waals surface area contributed by atoms with Crippen molar-refractivity contribution in [3.05, 3.63) is 12.7 Å². The quantitative estimate of drug-likeness (QED) is 0.686. The Bertz CT molecular complexity index is 282. The first kappa shape index (κ1) is 15.4. The van der Waals surface area contributed by atoms with Gasteiger partial charge in [0.1, 0.15) is 6.61 Å². The second kappa shape index (κ2) is 6.90. The van der Waals surface area contributed by atoms with Crippen LogP contribution in [0.25, 0.3) is 0 Å². The fourth-order valence-electron chi connectivity index (χ4n) is 0.968. The number of carbonyl (C=O) groups is 2. The minimum atomic E-state index is -1.14. The number of nitrogens with one attached hydrogen (secondary N) is 1. The van der Waals surface area contributed by atoms with Gasteiger partial charge in [0, 0.05) is 0 Å². The summed E-state index contributed by atoms with van der Waals surface area (Å²) in [4.78, 5) is 21.9. The standard InChI is InChI=1S/C11H19NO5/c1-5-6-16-10(15)12-7-8(9(13)14)17-11(2,3)4/h5,8H,1,6-7H2,2-4H3,(H,12,15)(H,13,14)/t8-/m1/s1. The molecule has 17 heavy (non-hydrogen) atoms. The lowest BCUT2D eigenvalue weighted by molar-refractivity contribution is -0.159. The zero-order valence-corrected chi connectivity index (χ0v) is 10.4.